The van der Waals surface area contributed by atoms with Crippen LogP contribution in [0.4, 0.5) is 0 Å². The van der Waals surface area contributed by atoms with Crippen LogP contribution in [-0.4, -0.2) is 14.2 Å². The van der Waals surface area contributed by atoms with Crippen molar-refractivity contribution < 1.29 is 38.0 Å². The molecule has 0 fully saturated rings. The standard InChI is InChI=1S/C9H14NO2.HI/c1-10-6-4-8(5-7-10)9(11-2)12-3;/h4-7,9H,1-3H3;1H/q+1;/p-1. The molecule has 0 saturated carbocycles. The Morgan fingerprint density at radius 2 is 1.62 bits per heavy atom. The minimum atomic E-state index is -0.258. The van der Waals surface area contributed by atoms with Crippen LogP contribution in [0.15, 0.2) is 24.5 Å². The van der Waals surface area contributed by atoms with Crippen LogP contribution in [0.2, 0.25) is 0 Å². The maximum absolute atomic E-state index is 5.09. The minimum Gasteiger partial charge on any atom is -1.00 e. The number of aryl methyl sites for hydroxylation is 1. The predicted molar refractivity (Wildman–Crippen MR) is 44.4 cm³/mol. The molecule has 0 atom stereocenters. The first-order valence-corrected chi connectivity index (χ1v) is 3.78. The molecule has 4 heteroatoms. The molecule has 0 bridgehead atoms. The van der Waals surface area contributed by atoms with Gasteiger partial charge in [0, 0.05) is 31.9 Å². The minimum absolute atomic E-state index is 0. The first-order chi connectivity index (χ1) is 5.77. The van der Waals surface area contributed by atoms with Crippen LogP contribution in [0.25, 0.3) is 0 Å². The predicted octanol–water partition coefficient (Wildman–Crippen LogP) is -2.19. The molecule has 1 heterocycles. The average molecular weight is 295 g/mol. The third kappa shape index (κ3) is 3.58. The molecule has 74 valence electrons. The molecule has 0 aliphatic heterocycles. The van der Waals surface area contributed by atoms with Gasteiger partial charge in [0.1, 0.15) is 7.05 Å². The summed E-state index contributed by atoms with van der Waals surface area (Å²) in [5, 5.41) is 0. The molecule has 0 spiro atoms. The quantitative estimate of drug-likeness (QED) is 0.359. The number of rotatable bonds is 3. The van der Waals surface area contributed by atoms with Gasteiger partial charge in [0.2, 0.25) is 0 Å². The Bertz CT molecular complexity index is 234. The highest BCUT2D eigenvalue weighted by Crippen LogP contribution is 2.14. The highest BCUT2D eigenvalue weighted by molar-refractivity contribution is 5.08. The number of methoxy groups -OCH3 is 2. The zero-order valence-corrected chi connectivity index (χ0v) is 10.2. The Morgan fingerprint density at radius 3 is 2.00 bits per heavy atom. The summed E-state index contributed by atoms with van der Waals surface area (Å²) >= 11 is 0. The highest BCUT2D eigenvalue weighted by atomic mass is 127. The largest absolute Gasteiger partial charge is 1.00 e. The average Bonchev–Trinajstić information content (AvgIpc) is 2.10. The van der Waals surface area contributed by atoms with Gasteiger partial charge in [-0.3, -0.25) is 0 Å². The fourth-order valence-electron chi connectivity index (χ4n) is 1.04. The third-order valence-electron chi connectivity index (χ3n) is 1.70. The summed E-state index contributed by atoms with van der Waals surface area (Å²) in [6.45, 7) is 0. The molecule has 1 rings (SSSR count). The highest BCUT2D eigenvalue weighted by Gasteiger charge is 2.08. The Balaban J connectivity index is 0.00000144. The van der Waals surface area contributed by atoms with E-state index in [1.54, 1.807) is 14.2 Å². The van der Waals surface area contributed by atoms with Gasteiger partial charge in [0.25, 0.3) is 0 Å². The molecule has 0 unspecified atom stereocenters. The molecule has 0 saturated heterocycles. The van der Waals surface area contributed by atoms with Crippen LogP contribution in [0.5, 0.6) is 0 Å². The van der Waals surface area contributed by atoms with Crippen molar-refractivity contribution in [1.29, 1.82) is 0 Å². The van der Waals surface area contributed by atoms with Crippen molar-refractivity contribution >= 4 is 0 Å². The van der Waals surface area contributed by atoms with Crippen molar-refractivity contribution in [2.75, 3.05) is 14.2 Å². The van der Waals surface area contributed by atoms with Crippen LogP contribution in [-0.2, 0) is 16.5 Å². The van der Waals surface area contributed by atoms with Crippen LogP contribution in [0.1, 0.15) is 11.9 Å². The summed E-state index contributed by atoms with van der Waals surface area (Å²) in [6.07, 6.45) is 3.66. The molecule has 0 N–H and O–H groups in total. The van der Waals surface area contributed by atoms with E-state index >= 15 is 0 Å². The number of halogens is 1. The van der Waals surface area contributed by atoms with Crippen molar-refractivity contribution in [1.82, 2.24) is 0 Å². The number of ether oxygens (including phenoxy) is 2. The van der Waals surface area contributed by atoms with Crippen LogP contribution >= 0.6 is 0 Å². The van der Waals surface area contributed by atoms with E-state index in [-0.39, 0.29) is 30.3 Å². The molecule has 1 aromatic heterocycles. The zero-order valence-electron chi connectivity index (χ0n) is 8.03. The van der Waals surface area contributed by atoms with E-state index in [0.717, 1.165) is 5.56 Å². The molecule has 13 heavy (non-hydrogen) atoms. The van der Waals surface area contributed by atoms with E-state index in [2.05, 4.69) is 0 Å². The molecule has 3 nitrogen and oxygen atoms in total. The van der Waals surface area contributed by atoms with Gasteiger partial charge in [0.15, 0.2) is 18.7 Å². The molecule has 0 amide bonds. The number of hydrogen-bond acceptors (Lipinski definition) is 2. The van der Waals surface area contributed by atoms with Gasteiger partial charge in [0.05, 0.1) is 0 Å². The van der Waals surface area contributed by atoms with Crippen molar-refractivity contribution in [2.24, 2.45) is 7.05 Å². The molecule has 0 aromatic carbocycles. The molecular formula is C9H14INO2. The van der Waals surface area contributed by atoms with E-state index in [1.807, 2.05) is 36.1 Å². The molecule has 1 aromatic rings. The van der Waals surface area contributed by atoms with Gasteiger partial charge in [-0.2, -0.15) is 0 Å². The summed E-state index contributed by atoms with van der Waals surface area (Å²) in [5.41, 5.74) is 1.03. The Morgan fingerprint density at radius 1 is 1.15 bits per heavy atom. The zero-order chi connectivity index (χ0) is 8.97. The fraction of sp³-hybridized carbons (Fsp3) is 0.444. The van der Waals surface area contributed by atoms with Crippen LogP contribution in [0.3, 0.4) is 0 Å². The fourth-order valence-corrected chi connectivity index (χ4v) is 1.04. The van der Waals surface area contributed by atoms with E-state index in [0.29, 0.717) is 0 Å². The molecular weight excluding hydrogens is 281 g/mol. The lowest BCUT2D eigenvalue weighted by Crippen LogP contribution is -3.00. The first kappa shape index (κ1) is 12.8. The van der Waals surface area contributed by atoms with E-state index < -0.39 is 0 Å². The maximum atomic E-state index is 5.09. The smallest absolute Gasteiger partial charge is 0.183 e. The van der Waals surface area contributed by atoms with E-state index in [1.165, 1.54) is 0 Å². The lowest BCUT2D eigenvalue weighted by Gasteiger charge is -2.11. The lowest BCUT2D eigenvalue weighted by atomic mass is 10.2. The Kier molecular flexibility index (Phi) is 6.19. The van der Waals surface area contributed by atoms with E-state index in [9.17, 15) is 0 Å². The van der Waals surface area contributed by atoms with Crippen molar-refractivity contribution in [2.45, 2.75) is 6.29 Å². The second-order valence-electron chi connectivity index (χ2n) is 2.60. The van der Waals surface area contributed by atoms with Gasteiger partial charge in [-0.15, -0.1) is 0 Å². The number of nitrogens with zero attached hydrogens (tertiary/aromatic N) is 1. The van der Waals surface area contributed by atoms with Gasteiger partial charge in [-0.1, -0.05) is 0 Å². The van der Waals surface area contributed by atoms with Crippen molar-refractivity contribution in [3.63, 3.8) is 0 Å². The summed E-state index contributed by atoms with van der Waals surface area (Å²) in [4.78, 5) is 0. The van der Waals surface area contributed by atoms with Crippen molar-refractivity contribution in [3.8, 4) is 0 Å². The monoisotopic (exact) mass is 295 g/mol. The van der Waals surface area contributed by atoms with Gasteiger partial charge < -0.3 is 33.5 Å². The van der Waals surface area contributed by atoms with Gasteiger partial charge in [-0.25, -0.2) is 4.57 Å². The number of hydrogen-bond donors (Lipinski definition) is 0. The SMILES string of the molecule is COC(OC)c1cc[n+](C)cc1.[I-]. The molecule has 0 aliphatic carbocycles. The van der Waals surface area contributed by atoms with Gasteiger partial charge >= 0.3 is 0 Å². The number of aromatic nitrogens is 1. The normalized spacial score (nSPS) is 9.85. The maximum Gasteiger partial charge on any atom is 0.183 e. The summed E-state index contributed by atoms with van der Waals surface area (Å²) in [6, 6.07) is 3.94. The molecule has 0 aliphatic rings. The number of pyridine rings is 1. The topological polar surface area (TPSA) is 22.3 Å². The van der Waals surface area contributed by atoms with Crippen LogP contribution < -0.4 is 28.5 Å². The second-order valence-corrected chi connectivity index (χ2v) is 2.60. The first-order valence-electron chi connectivity index (χ1n) is 3.78. The molecule has 0 radical (unpaired) electrons. The summed E-state index contributed by atoms with van der Waals surface area (Å²) in [7, 11) is 5.22. The van der Waals surface area contributed by atoms with Crippen molar-refractivity contribution in [3.05, 3.63) is 30.1 Å². The summed E-state index contributed by atoms with van der Waals surface area (Å²) in [5.74, 6) is 0. The third-order valence-corrected chi connectivity index (χ3v) is 1.70. The Hall–Kier alpha value is -0.200. The van der Waals surface area contributed by atoms with Gasteiger partial charge in [-0.05, 0) is 0 Å². The lowest BCUT2D eigenvalue weighted by molar-refractivity contribution is -0.671. The van der Waals surface area contributed by atoms with Crippen LogP contribution in [0, 0.1) is 0 Å². The van der Waals surface area contributed by atoms with E-state index in [4.69, 9.17) is 9.47 Å². The Labute approximate surface area is 95.7 Å². The second kappa shape index (κ2) is 6.28. The summed E-state index contributed by atoms with van der Waals surface area (Å²) < 4.78 is 12.2.